The van der Waals surface area contributed by atoms with E-state index in [4.69, 9.17) is 9.47 Å². The third-order valence-corrected chi connectivity index (χ3v) is 4.76. The van der Waals surface area contributed by atoms with Crippen molar-refractivity contribution >= 4 is 17.4 Å². The summed E-state index contributed by atoms with van der Waals surface area (Å²) in [5, 5.41) is 10.9. The van der Waals surface area contributed by atoms with Crippen LogP contribution < -0.4 is 4.74 Å². The second-order valence-corrected chi connectivity index (χ2v) is 7.23. The average molecular weight is 413 g/mol. The van der Waals surface area contributed by atoms with Gasteiger partial charge in [-0.3, -0.25) is 9.59 Å². The highest BCUT2D eigenvalue weighted by molar-refractivity contribution is 6.46. The van der Waals surface area contributed by atoms with Crippen LogP contribution in [0.2, 0.25) is 0 Å². The number of hydrogen-bond acceptors (Lipinski definition) is 5. The van der Waals surface area contributed by atoms with Crippen LogP contribution in [0.25, 0.3) is 5.76 Å². The number of methoxy groups -OCH3 is 1. The van der Waals surface area contributed by atoms with Gasteiger partial charge >= 0.3 is 0 Å². The summed E-state index contributed by atoms with van der Waals surface area (Å²) in [5.41, 5.74) is 0.858. The van der Waals surface area contributed by atoms with Crippen LogP contribution in [-0.2, 0) is 14.3 Å². The molecule has 30 heavy (non-hydrogen) atoms. The van der Waals surface area contributed by atoms with Gasteiger partial charge in [-0.1, -0.05) is 12.1 Å². The zero-order valence-corrected chi connectivity index (χ0v) is 17.1. The lowest BCUT2D eigenvalue weighted by atomic mass is 9.95. The van der Waals surface area contributed by atoms with E-state index in [1.807, 2.05) is 13.8 Å². The average Bonchev–Trinajstić information content (AvgIpc) is 2.97. The van der Waals surface area contributed by atoms with Gasteiger partial charge in [-0.15, -0.1) is 0 Å². The van der Waals surface area contributed by atoms with Gasteiger partial charge in [-0.25, -0.2) is 4.39 Å². The Morgan fingerprint density at radius 2 is 1.73 bits per heavy atom. The molecule has 7 heteroatoms. The number of rotatable bonds is 7. The number of hydrogen-bond donors (Lipinski definition) is 1. The van der Waals surface area contributed by atoms with Crippen LogP contribution in [0, 0.1) is 5.82 Å². The summed E-state index contributed by atoms with van der Waals surface area (Å²) in [6.45, 7) is 4.17. The van der Waals surface area contributed by atoms with Crippen LogP contribution >= 0.6 is 0 Å². The highest BCUT2D eigenvalue weighted by atomic mass is 19.1. The molecule has 0 spiro atoms. The normalized spacial score (nSPS) is 18.3. The predicted molar refractivity (Wildman–Crippen MR) is 109 cm³/mol. The summed E-state index contributed by atoms with van der Waals surface area (Å²) >= 11 is 0. The topological polar surface area (TPSA) is 76.1 Å². The minimum absolute atomic E-state index is 0.00553. The van der Waals surface area contributed by atoms with Crippen molar-refractivity contribution in [2.24, 2.45) is 0 Å². The van der Waals surface area contributed by atoms with Crippen molar-refractivity contribution in [3.05, 3.63) is 71.0 Å². The van der Waals surface area contributed by atoms with Gasteiger partial charge in [-0.05, 0) is 55.8 Å². The van der Waals surface area contributed by atoms with Gasteiger partial charge in [0.2, 0.25) is 0 Å². The van der Waals surface area contributed by atoms with E-state index in [0.29, 0.717) is 16.9 Å². The zero-order chi connectivity index (χ0) is 21.8. The molecule has 1 N–H and O–H groups in total. The molecular formula is C23H24FNO5. The minimum Gasteiger partial charge on any atom is -0.507 e. The van der Waals surface area contributed by atoms with Crippen LogP contribution in [0.15, 0.2) is 54.1 Å². The van der Waals surface area contributed by atoms with Crippen LogP contribution in [-0.4, -0.2) is 48.1 Å². The molecule has 1 atom stereocenters. The smallest absolute Gasteiger partial charge is 0.295 e. The number of amides is 1. The number of halogens is 1. The minimum atomic E-state index is -0.840. The van der Waals surface area contributed by atoms with E-state index in [1.165, 1.54) is 36.3 Å². The molecule has 1 aliphatic rings. The molecule has 0 bridgehead atoms. The summed E-state index contributed by atoms with van der Waals surface area (Å²) in [5.74, 6) is -1.63. The summed E-state index contributed by atoms with van der Waals surface area (Å²) in [7, 11) is 1.49. The Labute approximate surface area is 174 Å². The van der Waals surface area contributed by atoms with Gasteiger partial charge in [-0.2, -0.15) is 0 Å². The molecule has 2 aromatic carbocycles. The van der Waals surface area contributed by atoms with Gasteiger partial charge < -0.3 is 19.5 Å². The number of carbonyl (C=O) groups excluding carboxylic acids is 2. The van der Waals surface area contributed by atoms with Crippen molar-refractivity contribution in [3.8, 4) is 5.75 Å². The van der Waals surface area contributed by atoms with E-state index in [1.54, 1.807) is 24.3 Å². The Bertz CT molecular complexity index is 951. The molecule has 0 aliphatic carbocycles. The largest absolute Gasteiger partial charge is 0.507 e. The van der Waals surface area contributed by atoms with Gasteiger partial charge in [0.1, 0.15) is 17.3 Å². The van der Waals surface area contributed by atoms with E-state index in [9.17, 15) is 19.1 Å². The van der Waals surface area contributed by atoms with Crippen LogP contribution in [0.1, 0.15) is 31.0 Å². The molecular weight excluding hydrogens is 389 g/mol. The van der Waals surface area contributed by atoms with Crippen LogP contribution in [0.3, 0.4) is 0 Å². The third kappa shape index (κ3) is 4.36. The molecule has 0 unspecified atom stereocenters. The van der Waals surface area contributed by atoms with Gasteiger partial charge in [0.05, 0.1) is 24.3 Å². The van der Waals surface area contributed by atoms with Crippen molar-refractivity contribution in [1.29, 1.82) is 0 Å². The summed E-state index contributed by atoms with van der Waals surface area (Å²) in [6.07, 6.45) is -0.00553. The van der Waals surface area contributed by atoms with Crippen LogP contribution in [0.4, 0.5) is 4.39 Å². The molecule has 2 aromatic rings. The van der Waals surface area contributed by atoms with E-state index in [2.05, 4.69) is 0 Å². The molecule has 1 fully saturated rings. The first-order valence-electron chi connectivity index (χ1n) is 9.63. The fraction of sp³-hybridized carbons (Fsp3) is 0.304. The van der Waals surface area contributed by atoms with E-state index in [0.717, 1.165) is 0 Å². The second-order valence-electron chi connectivity index (χ2n) is 7.23. The molecule has 0 saturated carbocycles. The maximum Gasteiger partial charge on any atom is 0.295 e. The molecule has 3 rings (SSSR count). The van der Waals surface area contributed by atoms with Crippen molar-refractivity contribution in [1.82, 2.24) is 4.90 Å². The summed E-state index contributed by atoms with van der Waals surface area (Å²) in [4.78, 5) is 26.8. The number of carbonyl (C=O) groups is 2. The predicted octanol–water partition coefficient (Wildman–Crippen LogP) is 3.68. The van der Waals surface area contributed by atoms with Gasteiger partial charge in [0.25, 0.3) is 11.7 Å². The number of ether oxygens (including phenoxy) is 2. The number of nitrogens with zero attached hydrogens (tertiary/aromatic N) is 1. The van der Waals surface area contributed by atoms with Crippen LogP contribution in [0.5, 0.6) is 5.75 Å². The Morgan fingerprint density at radius 3 is 2.30 bits per heavy atom. The number of aliphatic hydroxyl groups is 1. The van der Waals surface area contributed by atoms with E-state index >= 15 is 0 Å². The number of likely N-dealkylation sites (tertiary alicyclic amines) is 1. The Morgan fingerprint density at radius 1 is 1.10 bits per heavy atom. The number of ketones is 1. The highest BCUT2D eigenvalue weighted by Crippen LogP contribution is 2.39. The fourth-order valence-electron chi connectivity index (χ4n) is 3.41. The fourth-order valence-corrected chi connectivity index (χ4v) is 3.41. The SMILES string of the molecule is COCCN1C(=O)C(=O)C(=C(O)c2ccc(OC(C)C)cc2)[C@@H]1c1ccc(F)cc1. The molecule has 0 aromatic heterocycles. The monoisotopic (exact) mass is 413 g/mol. The first-order valence-corrected chi connectivity index (χ1v) is 9.63. The maximum absolute atomic E-state index is 13.4. The van der Waals surface area contributed by atoms with E-state index < -0.39 is 23.5 Å². The zero-order valence-electron chi connectivity index (χ0n) is 17.1. The Kier molecular flexibility index (Phi) is 6.52. The summed E-state index contributed by atoms with van der Waals surface area (Å²) < 4.78 is 24.1. The molecule has 1 saturated heterocycles. The first kappa shape index (κ1) is 21.5. The van der Waals surface area contributed by atoms with Crippen molar-refractivity contribution in [2.45, 2.75) is 26.0 Å². The highest BCUT2D eigenvalue weighted by Gasteiger charge is 2.45. The molecule has 6 nitrogen and oxygen atoms in total. The van der Waals surface area contributed by atoms with E-state index in [-0.39, 0.29) is 30.6 Å². The first-order chi connectivity index (χ1) is 14.3. The van der Waals surface area contributed by atoms with Gasteiger partial charge in [0, 0.05) is 19.2 Å². The number of aliphatic hydroxyl groups excluding tert-OH is 1. The lowest BCUT2D eigenvalue weighted by Crippen LogP contribution is -2.32. The Balaban J connectivity index is 2.07. The second kappa shape index (κ2) is 9.09. The van der Waals surface area contributed by atoms with Crippen molar-refractivity contribution in [2.75, 3.05) is 20.3 Å². The van der Waals surface area contributed by atoms with Crippen molar-refractivity contribution < 1.29 is 28.6 Å². The maximum atomic E-state index is 13.4. The van der Waals surface area contributed by atoms with Crippen molar-refractivity contribution in [3.63, 3.8) is 0 Å². The third-order valence-electron chi connectivity index (χ3n) is 4.76. The quantitative estimate of drug-likeness (QED) is 0.426. The molecule has 158 valence electrons. The number of benzene rings is 2. The molecule has 0 radical (unpaired) electrons. The molecule has 1 aliphatic heterocycles. The number of Topliss-reactive ketones (excluding diaryl/α,β-unsaturated/α-hetero) is 1. The molecule has 1 amide bonds. The standard InChI is InChI=1S/C23H24FNO5/c1-14(2)30-18-10-6-16(7-11-18)21(26)19-20(15-4-8-17(24)9-5-15)25(12-13-29-3)23(28)22(19)27/h4-11,14,20,26H,12-13H2,1-3H3/t20-/m0/s1. The lowest BCUT2D eigenvalue weighted by molar-refractivity contribution is -0.140. The Hall–Kier alpha value is -3.19. The van der Waals surface area contributed by atoms with Gasteiger partial charge in [0.15, 0.2) is 0 Å². The summed E-state index contributed by atoms with van der Waals surface area (Å²) in [6, 6.07) is 11.3. The molecule has 1 heterocycles. The lowest BCUT2D eigenvalue weighted by Gasteiger charge is -2.25.